The van der Waals surface area contributed by atoms with Crippen molar-refractivity contribution in [2.45, 2.75) is 13.8 Å². The number of carboxylic acids is 1. The van der Waals surface area contributed by atoms with Crippen molar-refractivity contribution in [3.8, 4) is 11.5 Å². The van der Waals surface area contributed by atoms with Gasteiger partial charge in [0.25, 0.3) is 0 Å². The molecule has 0 aromatic heterocycles. The molecule has 0 aliphatic heterocycles. The minimum absolute atomic E-state index is 0.0464. The predicted molar refractivity (Wildman–Crippen MR) is 82.9 cm³/mol. The van der Waals surface area contributed by atoms with E-state index in [4.69, 9.17) is 14.6 Å². The zero-order chi connectivity index (χ0) is 15.7. The van der Waals surface area contributed by atoms with Gasteiger partial charge >= 0.3 is 5.97 Å². The first-order valence-electron chi connectivity index (χ1n) is 6.45. The lowest BCUT2D eigenvalue weighted by molar-refractivity contribution is -0.139. The second-order valence-corrected chi connectivity index (χ2v) is 5.19. The molecule has 21 heavy (non-hydrogen) atoms. The molecule has 0 unspecified atom stereocenters. The highest BCUT2D eigenvalue weighted by Crippen LogP contribution is 2.32. The molecule has 6 heteroatoms. The summed E-state index contributed by atoms with van der Waals surface area (Å²) in [6.07, 6.45) is 3.61. The fourth-order valence-electron chi connectivity index (χ4n) is 1.56. The van der Waals surface area contributed by atoms with Gasteiger partial charge in [0.1, 0.15) is 0 Å². The second-order valence-electron chi connectivity index (χ2n) is 3.99. The van der Waals surface area contributed by atoms with Gasteiger partial charge in [-0.05, 0) is 13.0 Å². The Morgan fingerprint density at radius 3 is 2.71 bits per heavy atom. The molecule has 0 amide bonds. The summed E-state index contributed by atoms with van der Waals surface area (Å²) in [5.41, 5.74) is 0.714. The number of carbonyl (C=O) groups excluding carboxylic acids is 1. The van der Waals surface area contributed by atoms with E-state index in [9.17, 15) is 9.59 Å². The van der Waals surface area contributed by atoms with Crippen LogP contribution < -0.4 is 9.47 Å². The van der Waals surface area contributed by atoms with Crippen molar-refractivity contribution >= 4 is 28.9 Å². The maximum atomic E-state index is 10.9. The van der Waals surface area contributed by atoms with Crippen LogP contribution in [0.4, 0.5) is 0 Å². The summed E-state index contributed by atoms with van der Waals surface area (Å²) >= 11 is 1.20. The van der Waals surface area contributed by atoms with Gasteiger partial charge in [0, 0.05) is 18.2 Å². The van der Waals surface area contributed by atoms with E-state index in [1.807, 2.05) is 13.0 Å². The Bertz CT molecular complexity index is 525. The molecule has 0 radical (unpaired) electrons. The molecule has 0 atom stereocenters. The fraction of sp³-hybridized carbons (Fsp3) is 0.333. The highest BCUT2D eigenvalue weighted by Gasteiger charge is 2.11. The van der Waals surface area contributed by atoms with E-state index >= 15 is 0 Å². The van der Waals surface area contributed by atoms with Gasteiger partial charge in [0.15, 0.2) is 23.2 Å². The molecule has 1 rings (SSSR count). The molecule has 0 bridgehead atoms. The number of hydrogen-bond donors (Lipinski definition) is 1. The fourth-order valence-corrected chi connectivity index (χ4v) is 1.99. The summed E-state index contributed by atoms with van der Waals surface area (Å²) in [6.45, 7) is 3.37. The van der Waals surface area contributed by atoms with E-state index in [0.29, 0.717) is 29.4 Å². The molecule has 0 spiro atoms. The molecular weight excluding hydrogens is 292 g/mol. The molecule has 5 nitrogen and oxygen atoms in total. The average molecular weight is 310 g/mol. The molecule has 1 aromatic carbocycles. The van der Waals surface area contributed by atoms with Gasteiger partial charge in [-0.15, -0.1) is 0 Å². The van der Waals surface area contributed by atoms with Crippen LogP contribution in [0.2, 0.25) is 0 Å². The average Bonchev–Trinajstić information content (AvgIpc) is 2.42. The van der Waals surface area contributed by atoms with Crippen LogP contribution in [0.5, 0.6) is 11.5 Å². The van der Waals surface area contributed by atoms with Crippen molar-refractivity contribution in [3.05, 3.63) is 29.8 Å². The third-order valence-corrected chi connectivity index (χ3v) is 3.10. The summed E-state index contributed by atoms with van der Waals surface area (Å²) in [5.74, 6) is 0.390. The van der Waals surface area contributed by atoms with E-state index in [-0.39, 0.29) is 5.12 Å². The van der Waals surface area contributed by atoms with Crippen LogP contribution in [-0.4, -0.2) is 35.2 Å². The molecule has 0 heterocycles. The van der Waals surface area contributed by atoms with Gasteiger partial charge in [-0.25, -0.2) is 4.79 Å². The largest absolute Gasteiger partial charge is 0.490 e. The zero-order valence-electron chi connectivity index (χ0n) is 12.0. The van der Waals surface area contributed by atoms with E-state index < -0.39 is 12.6 Å². The number of hydrogen-bond acceptors (Lipinski definition) is 5. The summed E-state index contributed by atoms with van der Waals surface area (Å²) < 4.78 is 10.8. The number of carbonyl (C=O) groups is 2. The van der Waals surface area contributed by atoms with E-state index in [0.717, 1.165) is 0 Å². The first-order valence-corrected chi connectivity index (χ1v) is 7.43. The van der Waals surface area contributed by atoms with Crippen LogP contribution >= 0.6 is 11.8 Å². The predicted octanol–water partition coefficient (Wildman–Crippen LogP) is 2.84. The standard InChI is InChI=1S/C15H18O5S/c1-3-19-13-8-4-6-12(7-5-9-21-11(2)16)15(13)20-10-14(17)18/h4-8H,3,9-10H2,1-2H3,(H,17,18). The van der Waals surface area contributed by atoms with Gasteiger partial charge in [0.2, 0.25) is 0 Å². The molecule has 0 aliphatic carbocycles. The van der Waals surface area contributed by atoms with Gasteiger partial charge in [-0.3, -0.25) is 4.79 Å². The number of benzene rings is 1. The van der Waals surface area contributed by atoms with Gasteiger partial charge < -0.3 is 14.6 Å². The molecule has 0 aliphatic rings. The maximum absolute atomic E-state index is 10.9. The zero-order valence-corrected chi connectivity index (χ0v) is 12.8. The Morgan fingerprint density at radius 2 is 2.10 bits per heavy atom. The van der Waals surface area contributed by atoms with Crippen molar-refractivity contribution in [1.29, 1.82) is 0 Å². The van der Waals surface area contributed by atoms with Crippen LogP contribution in [0.1, 0.15) is 19.4 Å². The van der Waals surface area contributed by atoms with E-state index in [1.165, 1.54) is 18.7 Å². The van der Waals surface area contributed by atoms with Crippen molar-refractivity contribution < 1.29 is 24.2 Å². The monoisotopic (exact) mass is 310 g/mol. The Balaban J connectivity index is 2.91. The van der Waals surface area contributed by atoms with Crippen LogP contribution in [0.15, 0.2) is 24.3 Å². The second kappa shape index (κ2) is 9.07. The SMILES string of the molecule is CCOc1cccc(C=CCSC(C)=O)c1OCC(=O)O. The quantitative estimate of drug-likeness (QED) is 0.796. The molecule has 1 aromatic rings. The minimum Gasteiger partial charge on any atom is -0.490 e. The third kappa shape index (κ3) is 6.35. The molecule has 1 N–H and O–H groups in total. The molecule has 114 valence electrons. The topological polar surface area (TPSA) is 72.8 Å². The summed E-state index contributed by atoms with van der Waals surface area (Å²) in [7, 11) is 0. The highest BCUT2D eigenvalue weighted by atomic mass is 32.2. The Labute approximate surface area is 127 Å². The minimum atomic E-state index is -1.05. The molecular formula is C15H18O5S. The summed E-state index contributed by atoms with van der Waals surface area (Å²) in [4.78, 5) is 21.5. The Hall–Kier alpha value is -1.95. The Morgan fingerprint density at radius 1 is 1.33 bits per heavy atom. The smallest absolute Gasteiger partial charge is 0.341 e. The van der Waals surface area contributed by atoms with Crippen LogP contribution in [0.25, 0.3) is 6.08 Å². The highest BCUT2D eigenvalue weighted by molar-refractivity contribution is 8.13. The number of ether oxygens (including phenoxy) is 2. The number of carboxylic acid groups (broad SMARTS) is 1. The van der Waals surface area contributed by atoms with Crippen LogP contribution in [0, 0.1) is 0 Å². The first kappa shape index (κ1) is 17.1. The van der Waals surface area contributed by atoms with Crippen molar-refractivity contribution in [3.63, 3.8) is 0 Å². The lowest BCUT2D eigenvalue weighted by Crippen LogP contribution is -2.11. The van der Waals surface area contributed by atoms with Gasteiger partial charge in [0.05, 0.1) is 6.61 Å². The van der Waals surface area contributed by atoms with Crippen molar-refractivity contribution in [2.24, 2.45) is 0 Å². The van der Waals surface area contributed by atoms with Gasteiger partial charge in [-0.1, -0.05) is 36.0 Å². The maximum Gasteiger partial charge on any atom is 0.341 e. The number of rotatable bonds is 8. The van der Waals surface area contributed by atoms with Gasteiger partial charge in [-0.2, -0.15) is 0 Å². The van der Waals surface area contributed by atoms with Crippen molar-refractivity contribution in [2.75, 3.05) is 19.0 Å². The number of aliphatic carboxylic acids is 1. The van der Waals surface area contributed by atoms with E-state index in [2.05, 4.69) is 0 Å². The molecule has 0 fully saturated rings. The number of thioether (sulfide) groups is 1. The van der Waals surface area contributed by atoms with Crippen molar-refractivity contribution in [1.82, 2.24) is 0 Å². The first-order chi connectivity index (χ1) is 10.0. The number of para-hydroxylation sites is 1. The van der Waals surface area contributed by atoms with Crippen LogP contribution in [-0.2, 0) is 9.59 Å². The van der Waals surface area contributed by atoms with E-state index in [1.54, 1.807) is 24.3 Å². The third-order valence-electron chi connectivity index (χ3n) is 2.33. The lowest BCUT2D eigenvalue weighted by atomic mass is 10.1. The summed E-state index contributed by atoms with van der Waals surface area (Å²) in [5, 5.41) is 8.78. The normalized spacial score (nSPS) is 10.6. The lowest BCUT2D eigenvalue weighted by Gasteiger charge is -2.13. The Kier molecular flexibility index (Phi) is 7.39. The van der Waals surface area contributed by atoms with Crippen LogP contribution in [0.3, 0.4) is 0 Å². The molecule has 0 saturated carbocycles. The molecule has 0 saturated heterocycles. The summed E-state index contributed by atoms with van der Waals surface area (Å²) in [6, 6.07) is 5.33.